The van der Waals surface area contributed by atoms with E-state index in [2.05, 4.69) is 10.1 Å². The summed E-state index contributed by atoms with van der Waals surface area (Å²) >= 11 is 5.84. The third-order valence-corrected chi connectivity index (χ3v) is 4.07. The number of carboxylic acids is 1. The Balaban J connectivity index is 1.83. The van der Waals surface area contributed by atoms with Gasteiger partial charge in [0.2, 0.25) is 0 Å². The minimum atomic E-state index is -1.13. The summed E-state index contributed by atoms with van der Waals surface area (Å²) in [6, 6.07) is 13.5. The van der Waals surface area contributed by atoms with Gasteiger partial charge in [0.25, 0.3) is 5.91 Å². The molecule has 2 aromatic rings. The molecule has 0 aliphatic carbocycles. The van der Waals surface area contributed by atoms with Gasteiger partial charge in [-0.3, -0.25) is 9.79 Å². The van der Waals surface area contributed by atoms with Crippen molar-refractivity contribution in [1.29, 1.82) is 0 Å². The Kier molecular flexibility index (Phi) is 4.63. The highest BCUT2D eigenvalue weighted by molar-refractivity contribution is 6.33. The van der Waals surface area contributed by atoms with Crippen molar-refractivity contribution < 1.29 is 14.7 Å². The molecule has 25 heavy (non-hydrogen) atoms. The Hall–Kier alpha value is -2.99. The lowest BCUT2D eigenvalue weighted by atomic mass is 10.1. The molecule has 0 aromatic heterocycles. The average molecular weight is 356 g/mol. The van der Waals surface area contributed by atoms with Gasteiger partial charge in [0, 0.05) is 6.21 Å². The molecule has 1 unspecified atom stereocenters. The maximum atomic E-state index is 12.6. The summed E-state index contributed by atoms with van der Waals surface area (Å²) in [5.41, 5.74) is 1.67. The van der Waals surface area contributed by atoms with Gasteiger partial charge >= 0.3 is 5.97 Å². The molecule has 0 bridgehead atoms. The molecular formula is C18H14ClN3O3. The fourth-order valence-corrected chi connectivity index (χ4v) is 2.62. The minimum Gasteiger partial charge on any atom is -0.478 e. The van der Waals surface area contributed by atoms with Gasteiger partial charge in [0.05, 0.1) is 27.7 Å². The first-order valence-electron chi connectivity index (χ1n) is 7.48. The van der Waals surface area contributed by atoms with Crippen molar-refractivity contribution in [3.63, 3.8) is 0 Å². The molecule has 1 aliphatic heterocycles. The van der Waals surface area contributed by atoms with Gasteiger partial charge in [-0.05, 0) is 37.3 Å². The molecule has 0 saturated heterocycles. The van der Waals surface area contributed by atoms with Gasteiger partial charge in [-0.2, -0.15) is 10.1 Å². The molecule has 0 saturated carbocycles. The number of carboxylic acid groups (broad SMARTS) is 1. The summed E-state index contributed by atoms with van der Waals surface area (Å²) in [7, 11) is 0. The number of amides is 1. The van der Waals surface area contributed by atoms with E-state index in [-0.39, 0.29) is 16.5 Å². The monoisotopic (exact) mass is 355 g/mol. The maximum absolute atomic E-state index is 12.6. The van der Waals surface area contributed by atoms with Gasteiger partial charge in [-0.15, -0.1) is 0 Å². The van der Waals surface area contributed by atoms with Crippen LogP contribution in [0.4, 0.5) is 11.4 Å². The molecular weight excluding hydrogens is 342 g/mol. The molecule has 1 amide bonds. The number of para-hydroxylation sites is 1. The molecule has 6 nitrogen and oxygen atoms in total. The van der Waals surface area contributed by atoms with E-state index in [1.165, 1.54) is 23.4 Å². The molecule has 1 atom stereocenters. The van der Waals surface area contributed by atoms with Crippen molar-refractivity contribution in [2.24, 2.45) is 16.0 Å². The number of benzene rings is 2. The Morgan fingerprint density at radius 1 is 1.28 bits per heavy atom. The first-order valence-corrected chi connectivity index (χ1v) is 7.86. The largest absolute Gasteiger partial charge is 0.478 e. The van der Waals surface area contributed by atoms with Crippen LogP contribution in [-0.4, -0.2) is 28.9 Å². The van der Waals surface area contributed by atoms with E-state index in [9.17, 15) is 9.59 Å². The highest BCUT2D eigenvalue weighted by Crippen LogP contribution is 2.25. The lowest BCUT2D eigenvalue weighted by Crippen LogP contribution is -2.27. The highest BCUT2D eigenvalue weighted by atomic mass is 35.5. The number of carbonyl (C=O) groups is 2. The number of hydrazone groups is 1. The van der Waals surface area contributed by atoms with Crippen molar-refractivity contribution >= 4 is 46.8 Å². The number of aliphatic imine (C=N–C) groups is 1. The topological polar surface area (TPSA) is 82.3 Å². The van der Waals surface area contributed by atoms with E-state index in [0.717, 1.165) is 0 Å². The smallest absolute Gasteiger partial charge is 0.337 e. The van der Waals surface area contributed by atoms with E-state index in [1.54, 1.807) is 25.1 Å². The Bertz CT molecular complexity index is 894. The molecule has 2 aromatic carbocycles. The van der Waals surface area contributed by atoms with Crippen molar-refractivity contribution in [2.75, 3.05) is 5.01 Å². The zero-order valence-corrected chi connectivity index (χ0v) is 14.0. The standard InChI is InChI=1S/C18H14ClN3O3/c1-11-15(17(23)22(21-11)13-5-3-2-4-6-13)10-20-12-7-8-16(19)14(9-12)18(24)25/h2-10,15H,1H3,(H,24,25). The van der Waals surface area contributed by atoms with Crippen molar-refractivity contribution in [2.45, 2.75) is 6.92 Å². The van der Waals surface area contributed by atoms with Crippen molar-refractivity contribution in [3.05, 3.63) is 59.1 Å². The molecule has 0 radical (unpaired) electrons. The summed E-state index contributed by atoms with van der Waals surface area (Å²) in [5.74, 6) is -1.93. The number of aromatic carboxylic acids is 1. The number of hydrogen-bond acceptors (Lipinski definition) is 4. The van der Waals surface area contributed by atoms with Crippen LogP contribution in [0, 0.1) is 5.92 Å². The van der Waals surface area contributed by atoms with E-state index in [1.807, 2.05) is 18.2 Å². The predicted octanol–water partition coefficient (Wildman–Crippen LogP) is 3.78. The van der Waals surface area contributed by atoms with Gasteiger partial charge in [0.1, 0.15) is 5.92 Å². The Morgan fingerprint density at radius 2 is 2.00 bits per heavy atom. The highest BCUT2D eigenvalue weighted by Gasteiger charge is 2.33. The number of hydrogen-bond donors (Lipinski definition) is 1. The Labute approximate surface area is 149 Å². The lowest BCUT2D eigenvalue weighted by molar-refractivity contribution is -0.118. The van der Waals surface area contributed by atoms with Gasteiger partial charge in [0.15, 0.2) is 0 Å². The summed E-state index contributed by atoms with van der Waals surface area (Å²) in [5, 5.41) is 14.9. The fourth-order valence-electron chi connectivity index (χ4n) is 2.42. The van der Waals surface area contributed by atoms with Gasteiger partial charge in [-0.1, -0.05) is 29.8 Å². The van der Waals surface area contributed by atoms with Crippen LogP contribution in [0.2, 0.25) is 5.02 Å². The number of halogens is 1. The summed E-state index contributed by atoms with van der Waals surface area (Å²) < 4.78 is 0. The number of carbonyl (C=O) groups excluding carboxylic acids is 1. The third kappa shape index (κ3) is 3.44. The van der Waals surface area contributed by atoms with E-state index < -0.39 is 11.9 Å². The minimum absolute atomic E-state index is 0.0367. The second kappa shape index (κ2) is 6.86. The van der Waals surface area contributed by atoms with Crippen LogP contribution in [0.1, 0.15) is 17.3 Å². The molecule has 126 valence electrons. The molecule has 0 spiro atoms. The Morgan fingerprint density at radius 3 is 2.68 bits per heavy atom. The zero-order chi connectivity index (χ0) is 18.0. The second-order valence-corrected chi connectivity index (χ2v) is 5.86. The number of nitrogens with zero attached hydrogens (tertiary/aromatic N) is 3. The van der Waals surface area contributed by atoms with Crippen LogP contribution < -0.4 is 5.01 Å². The summed E-state index contributed by atoms with van der Waals surface area (Å²) in [6.07, 6.45) is 1.47. The summed E-state index contributed by atoms with van der Waals surface area (Å²) in [4.78, 5) is 27.9. The van der Waals surface area contributed by atoms with Crippen LogP contribution in [0.3, 0.4) is 0 Å². The number of rotatable bonds is 4. The van der Waals surface area contributed by atoms with Crippen molar-refractivity contribution in [1.82, 2.24) is 0 Å². The maximum Gasteiger partial charge on any atom is 0.337 e. The predicted molar refractivity (Wildman–Crippen MR) is 97.1 cm³/mol. The van der Waals surface area contributed by atoms with Crippen LogP contribution >= 0.6 is 11.6 Å². The van der Waals surface area contributed by atoms with Crippen LogP contribution in [0.5, 0.6) is 0 Å². The van der Waals surface area contributed by atoms with E-state index >= 15 is 0 Å². The molecule has 1 N–H and O–H groups in total. The molecule has 3 rings (SSSR count). The van der Waals surface area contributed by atoms with Gasteiger partial charge < -0.3 is 5.11 Å². The van der Waals surface area contributed by atoms with Crippen LogP contribution in [0.25, 0.3) is 0 Å². The lowest BCUT2D eigenvalue weighted by Gasteiger charge is -2.12. The van der Waals surface area contributed by atoms with E-state index in [0.29, 0.717) is 17.1 Å². The molecule has 0 fully saturated rings. The average Bonchev–Trinajstić information content (AvgIpc) is 2.89. The first kappa shape index (κ1) is 16.9. The van der Waals surface area contributed by atoms with Crippen LogP contribution in [0.15, 0.2) is 58.6 Å². The normalized spacial score (nSPS) is 17.2. The third-order valence-electron chi connectivity index (χ3n) is 3.74. The van der Waals surface area contributed by atoms with E-state index in [4.69, 9.17) is 16.7 Å². The van der Waals surface area contributed by atoms with Crippen molar-refractivity contribution in [3.8, 4) is 0 Å². The molecule has 7 heteroatoms. The van der Waals surface area contributed by atoms with Crippen LogP contribution in [-0.2, 0) is 4.79 Å². The molecule has 1 heterocycles. The molecule has 1 aliphatic rings. The van der Waals surface area contributed by atoms with Gasteiger partial charge in [-0.25, -0.2) is 4.79 Å². The quantitative estimate of drug-likeness (QED) is 0.847. The summed E-state index contributed by atoms with van der Waals surface area (Å²) in [6.45, 7) is 1.75. The number of anilines is 1. The second-order valence-electron chi connectivity index (χ2n) is 5.45. The fraction of sp³-hybridized carbons (Fsp3) is 0.111. The SMILES string of the molecule is CC1=NN(c2ccccc2)C(=O)C1C=Nc1ccc(Cl)c(C(=O)O)c1. The zero-order valence-electron chi connectivity index (χ0n) is 13.3. The first-order chi connectivity index (χ1) is 12.0.